The van der Waals surface area contributed by atoms with Crippen molar-refractivity contribution in [3.05, 3.63) is 77.8 Å². The minimum Gasteiger partial charge on any atom is -0.481 e. The maximum atomic E-state index is 13.9. The summed E-state index contributed by atoms with van der Waals surface area (Å²) in [6.07, 6.45) is 8.40. The lowest BCUT2D eigenvalue weighted by Gasteiger charge is -2.40. The van der Waals surface area contributed by atoms with Gasteiger partial charge in [0.15, 0.2) is 5.88 Å². The summed E-state index contributed by atoms with van der Waals surface area (Å²) >= 11 is 0. The molecule has 2 heterocycles. The monoisotopic (exact) mass is 494 g/mol. The van der Waals surface area contributed by atoms with Gasteiger partial charge in [-0.2, -0.15) is 0 Å². The third-order valence-electron chi connectivity index (χ3n) is 7.14. The molecule has 9 heteroatoms. The molecule has 188 valence electrons. The van der Waals surface area contributed by atoms with Gasteiger partial charge in [-0.1, -0.05) is 31.0 Å². The van der Waals surface area contributed by atoms with Gasteiger partial charge in [0.25, 0.3) is 0 Å². The molecule has 0 spiro atoms. The first kappa shape index (κ1) is 24.0. The molecule has 3 saturated carbocycles. The number of aliphatic carboxylic acids is 1. The van der Waals surface area contributed by atoms with Crippen LogP contribution in [0.25, 0.3) is 10.9 Å². The van der Waals surface area contributed by atoms with Gasteiger partial charge in [-0.3, -0.25) is 4.79 Å². The highest BCUT2D eigenvalue weighted by Gasteiger charge is 2.39. The van der Waals surface area contributed by atoms with Gasteiger partial charge in [0.05, 0.1) is 11.4 Å². The van der Waals surface area contributed by atoms with Crippen molar-refractivity contribution in [3.8, 4) is 5.75 Å². The molecular formula is C27H28F2N4O3. The molecule has 4 aliphatic rings. The Kier molecular flexibility index (Phi) is 6.73. The fraction of sp³-hybridized carbons (Fsp3) is 0.333. The summed E-state index contributed by atoms with van der Waals surface area (Å²) in [6.45, 7) is 0. The number of benzene rings is 2. The van der Waals surface area contributed by atoms with Crippen LogP contribution in [0, 0.1) is 29.4 Å². The van der Waals surface area contributed by atoms with E-state index in [1.165, 1.54) is 31.7 Å². The molecule has 36 heavy (non-hydrogen) atoms. The lowest BCUT2D eigenvalue weighted by atomic mass is 9.65. The van der Waals surface area contributed by atoms with E-state index in [0.717, 1.165) is 18.4 Å². The second kappa shape index (κ2) is 10.1. The van der Waals surface area contributed by atoms with Gasteiger partial charge in [0.1, 0.15) is 29.4 Å². The number of nitrogens with one attached hydrogen (secondary N) is 2. The zero-order valence-electron chi connectivity index (χ0n) is 19.6. The molecule has 5 N–H and O–H groups in total. The predicted octanol–water partition coefficient (Wildman–Crippen LogP) is 4.90. The molecule has 3 fully saturated rings. The number of carbonyl (C=O) groups is 1. The van der Waals surface area contributed by atoms with Crippen LogP contribution in [0.1, 0.15) is 37.7 Å². The SMILES string of the molecule is NC1C=C(Oc2ccccc2)NC(c2c[nH]c3c(F)cc(F)cc23)=N1.O=C(O)C1CC2CCC1CC2. The van der Waals surface area contributed by atoms with Crippen molar-refractivity contribution in [1.82, 2.24) is 10.3 Å². The van der Waals surface area contributed by atoms with Crippen LogP contribution in [0.4, 0.5) is 8.78 Å². The van der Waals surface area contributed by atoms with E-state index in [4.69, 9.17) is 15.6 Å². The van der Waals surface area contributed by atoms with Crippen LogP contribution in [0.5, 0.6) is 5.75 Å². The maximum Gasteiger partial charge on any atom is 0.306 e. The van der Waals surface area contributed by atoms with Gasteiger partial charge in [-0.25, -0.2) is 13.8 Å². The minimum atomic E-state index is -0.668. The van der Waals surface area contributed by atoms with E-state index >= 15 is 0 Å². The van der Waals surface area contributed by atoms with E-state index < -0.39 is 23.8 Å². The number of amidine groups is 1. The zero-order valence-corrected chi connectivity index (χ0v) is 19.6. The second-order valence-electron chi connectivity index (χ2n) is 9.51. The molecule has 2 unspecified atom stereocenters. The average Bonchev–Trinajstić information content (AvgIpc) is 3.30. The summed E-state index contributed by atoms with van der Waals surface area (Å²) in [5.74, 6) is 0.763. The van der Waals surface area contributed by atoms with Crippen LogP contribution < -0.4 is 15.8 Å². The minimum absolute atomic E-state index is 0.00231. The van der Waals surface area contributed by atoms with Gasteiger partial charge in [-0.15, -0.1) is 0 Å². The number of halogens is 2. The van der Waals surface area contributed by atoms with Crippen molar-refractivity contribution in [2.75, 3.05) is 0 Å². The second-order valence-corrected chi connectivity index (χ2v) is 9.51. The third-order valence-corrected chi connectivity index (χ3v) is 7.14. The first-order valence-electron chi connectivity index (χ1n) is 12.1. The highest BCUT2D eigenvalue weighted by molar-refractivity contribution is 6.10. The normalized spacial score (nSPS) is 24.8. The molecule has 2 atom stereocenters. The van der Waals surface area contributed by atoms with E-state index in [0.29, 0.717) is 34.3 Å². The van der Waals surface area contributed by atoms with E-state index in [2.05, 4.69) is 15.3 Å². The molecule has 7 rings (SSSR count). The van der Waals surface area contributed by atoms with Gasteiger partial charge in [0, 0.05) is 29.3 Å². The Bertz CT molecular complexity index is 1310. The largest absolute Gasteiger partial charge is 0.481 e. The highest BCUT2D eigenvalue weighted by Crippen LogP contribution is 2.44. The average molecular weight is 495 g/mol. The first-order chi connectivity index (χ1) is 17.4. The molecule has 0 radical (unpaired) electrons. The fourth-order valence-corrected chi connectivity index (χ4v) is 5.38. The number of ether oxygens (including phenoxy) is 1. The molecule has 2 bridgehead atoms. The number of fused-ring (bicyclic) bond motifs is 4. The Labute approximate surface area is 207 Å². The van der Waals surface area contributed by atoms with Crippen molar-refractivity contribution in [1.29, 1.82) is 0 Å². The molecular weight excluding hydrogens is 466 g/mol. The summed E-state index contributed by atoms with van der Waals surface area (Å²) in [4.78, 5) is 17.8. The molecule has 3 aromatic rings. The summed E-state index contributed by atoms with van der Waals surface area (Å²) in [5, 5.41) is 12.2. The van der Waals surface area contributed by atoms with Crippen LogP contribution in [0.3, 0.4) is 0 Å². The van der Waals surface area contributed by atoms with Gasteiger partial charge >= 0.3 is 5.97 Å². The highest BCUT2D eigenvalue weighted by atomic mass is 19.1. The fourth-order valence-electron chi connectivity index (χ4n) is 5.38. The molecule has 1 aromatic heterocycles. The Morgan fingerprint density at radius 3 is 2.50 bits per heavy atom. The number of aromatic amines is 1. The smallest absolute Gasteiger partial charge is 0.306 e. The van der Waals surface area contributed by atoms with E-state index in [1.807, 2.05) is 18.2 Å². The number of hydrogen-bond acceptors (Lipinski definition) is 5. The van der Waals surface area contributed by atoms with Gasteiger partial charge in [-0.05, 0) is 49.3 Å². The quantitative estimate of drug-likeness (QED) is 0.412. The van der Waals surface area contributed by atoms with Crippen LogP contribution in [0.2, 0.25) is 0 Å². The number of hydrogen-bond donors (Lipinski definition) is 4. The zero-order chi connectivity index (χ0) is 25.2. The number of aliphatic imine (C=N–C) groups is 1. The van der Waals surface area contributed by atoms with Crippen molar-refractivity contribution >= 4 is 22.7 Å². The number of H-pyrrole nitrogens is 1. The summed E-state index contributed by atoms with van der Waals surface area (Å²) in [6, 6.07) is 11.2. The third kappa shape index (κ3) is 5.11. The number of rotatable bonds is 4. The van der Waals surface area contributed by atoms with Crippen LogP contribution >= 0.6 is 0 Å². The number of nitrogens with two attached hydrogens (primary N) is 1. The van der Waals surface area contributed by atoms with Crippen LogP contribution in [-0.4, -0.2) is 28.1 Å². The Morgan fingerprint density at radius 2 is 1.86 bits per heavy atom. The topological polar surface area (TPSA) is 113 Å². The molecule has 3 aliphatic carbocycles. The number of carboxylic acids is 1. The Morgan fingerprint density at radius 1 is 1.11 bits per heavy atom. The molecule has 0 amide bonds. The molecule has 0 saturated heterocycles. The van der Waals surface area contributed by atoms with Gasteiger partial charge < -0.3 is 25.9 Å². The maximum absolute atomic E-state index is 13.9. The van der Waals surface area contributed by atoms with Crippen molar-refractivity contribution in [2.24, 2.45) is 28.5 Å². The van der Waals surface area contributed by atoms with E-state index in [-0.39, 0.29) is 11.4 Å². The number of para-hydroxylation sites is 1. The number of carboxylic acid groups (broad SMARTS) is 1. The molecule has 7 nitrogen and oxygen atoms in total. The Balaban J connectivity index is 0.000000202. The van der Waals surface area contributed by atoms with Crippen molar-refractivity contribution in [2.45, 2.75) is 38.3 Å². The summed E-state index contributed by atoms with van der Waals surface area (Å²) in [5.41, 5.74) is 6.65. The molecule has 2 aromatic carbocycles. The van der Waals surface area contributed by atoms with E-state index in [9.17, 15) is 13.6 Å². The lowest BCUT2D eigenvalue weighted by molar-refractivity contribution is -0.147. The molecule has 1 aliphatic heterocycles. The van der Waals surface area contributed by atoms with Crippen molar-refractivity contribution < 1.29 is 23.4 Å². The van der Waals surface area contributed by atoms with Gasteiger partial charge in [0.2, 0.25) is 0 Å². The van der Waals surface area contributed by atoms with Crippen molar-refractivity contribution in [3.63, 3.8) is 0 Å². The standard InChI is InChI=1S/C18H14F2N4O.C9H14O2/c19-10-6-12-13(9-22-17(12)14(20)7-10)18-23-15(21)8-16(24-18)25-11-4-2-1-3-5-11;10-9(11)8-5-6-1-3-7(8)4-2-6/h1-9,15,22H,21H2,(H,23,24);6-8H,1-5H2,(H,10,11). The summed E-state index contributed by atoms with van der Waals surface area (Å²) in [7, 11) is 0. The summed E-state index contributed by atoms with van der Waals surface area (Å²) < 4.78 is 33.2. The van der Waals surface area contributed by atoms with Crippen LogP contribution in [-0.2, 0) is 4.79 Å². The number of nitrogens with zero attached hydrogens (tertiary/aromatic N) is 1. The van der Waals surface area contributed by atoms with Crippen LogP contribution in [0.15, 0.2) is 65.6 Å². The first-order valence-corrected chi connectivity index (χ1v) is 12.1. The predicted molar refractivity (Wildman–Crippen MR) is 132 cm³/mol. The Hall–Kier alpha value is -3.72. The number of aromatic nitrogens is 1. The van der Waals surface area contributed by atoms with E-state index in [1.54, 1.807) is 24.4 Å². The lowest BCUT2D eigenvalue weighted by Crippen LogP contribution is -2.35.